The van der Waals surface area contributed by atoms with Crippen molar-refractivity contribution in [2.75, 3.05) is 7.11 Å². The smallest absolute Gasteiger partial charge is 0.208 e. The molecule has 1 aromatic carbocycles. The average molecular weight is 218 g/mol. The van der Waals surface area contributed by atoms with E-state index >= 15 is 0 Å². The molecule has 0 aliphatic heterocycles. The molecule has 0 unspecified atom stereocenters. The number of hydrogen-bond donors (Lipinski definition) is 1. The van der Waals surface area contributed by atoms with Gasteiger partial charge in [0, 0.05) is 0 Å². The van der Waals surface area contributed by atoms with Crippen LogP contribution in [0.1, 0.15) is 11.6 Å². The minimum absolute atomic E-state index is 0.302. The van der Waals surface area contributed by atoms with Crippen LogP contribution in [0, 0.1) is 6.92 Å². The molecule has 0 aliphatic carbocycles. The van der Waals surface area contributed by atoms with E-state index in [1.807, 2.05) is 31.2 Å². The van der Waals surface area contributed by atoms with Crippen LogP contribution in [0.5, 0.6) is 5.75 Å². The lowest BCUT2D eigenvalue weighted by molar-refractivity contribution is 0.413. The predicted molar refractivity (Wildman–Crippen MR) is 61.1 cm³/mol. The van der Waals surface area contributed by atoms with Gasteiger partial charge in [0.1, 0.15) is 5.75 Å². The van der Waals surface area contributed by atoms with Crippen molar-refractivity contribution in [2.24, 2.45) is 5.73 Å². The molecule has 16 heavy (non-hydrogen) atoms. The van der Waals surface area contributed by atoms with Gasteiger partial charge in [-0.05, 0) is 19.1 Å². The van der Waals surface area contributed by atoms with E-state index in [1.165, 1.54) is 0 Å². The van der Waals surface area contributed by atoms with E-state index in [0.29, 0.717) is 12.4 Å². The number of methoxy groups -OCH3 is 1. The van der Waals surface area contributed by atoms with Gasteiger partial charge in [-0.25, -0.2) is 4.98 Å². The number of oxazole rings is 1. The standard InChI is InChI=1S/C12H14N2O2/c1-8-12(16-11(7-13)14-8)9-5-3-4-6-10(9)15-2/h3-6H,7,13H2,1-2H3. The first-order chi connectivity index (χ1) is 7.76. The molecule has 2 rings (SSSR count). The summed E-state index contributed by atoms with van der Waals surface area (Å²) in [7, 11) is 1.63. The Morgan fingerprint density at radius 3 is 2.75 bits per heavy atom. The molecular weight excluding hydrogens is 204 g/mol. The molecule has 4 heteroatoms. The Bertz CT molecular complexity index is 492. The van der Waals surface area contributed by atoms with Crippen LogP contribution in [-0.2, 0) is 6.54 Å². The summed E-state index contributed by atoms with van der Waals surface area (Å²) in [4.78, 5) is 4.23. The van der Waals surface area contributed by atoms with Crippen LogP contribution in [0.2, 0.25) is 0 Å². The van der Waals surface area contributed by atoms with Crippen molar-refractivity contribution in [3.63, 3.8) is 0 Å². The van der Waals surface area contributed by atoms with Gasteiger partial charge in [-0.2, -0.15) is 0 Å². The maximum atomic E-state index is 5.58. The molecule has 0 bridgehead atoms. The molecule has 0 fully saturated rings. The minimum atomic E-state index is 0.302. The van der Waals surface area contributed by atoms with Crippen molar-refractivity contribution in [3.8, 4) is 17.1 Å². The summed E-state index contributed by atoms with van der Waals surface area (Å²) in [5.41, 5.74) is 7.22. The summed E-state index contributed by atoms with van der Waals surface area (Å²) in [6.07, 6.45) is 0. The molecule has 2 aromatic rings. The van der Waals surface area contributed by atoms with Crippen molar-refractivity contribution in [1.82, 2.24) is 4.98 Å². The normalized spacial score (nSPS) is 10.4. The third kappa shape index (κ3) is 1.79. The van der Waals surface area contributed by atoms with Crippen LogP contribution in [-0.4, -0.2) is 12.1 Å². The summed E-state index contributed by atoms with van der Waals surface area (Å²) in [6, 6.07) is 7.67. The lowest BCUT2D eigenvalue weighted by atomic mass is 10.1. The molecule has 1 aromatic heterocycles. The number of nitrogens with zero attached hydrogens (tertiary/aromatic N) is 1. The summed E-state index contributed by atoms with van der Waals surface area (Å²) in [5.74, 6) is 2.03. The number of aromatic nitrogens is 1. The number of benzene rings is 1. The van der Waals surface area contributed by atoms with E-state index < -0.39 is 0 Å². The van der Waals surface area contributed by atoms with Crippen LogP contribution < -0.4 is 10.5 Å². The van der Waals surface area contributed by atoms with Gasteiger partial charge in [-0.15, -0.1) is 0 Å². The number of aryl methyl sites for hydroxylation is 1. The summed E-state index contributed by atoms with van der Waals surface area (Å²) < 4.78 is 10.9. The highest BCUT2D eigenvalue weighted by Gasteiger charge is 2.14. The number of rotatable bonds is 3. The Balaban J connectivity index is 2.53. The van der Waals surface area contributed by atoms with E-state index in [-0.39, 0.29) is 0 Å². The maximum Gasteiger partial charge on any atom is 0.208 e. The van der Waals surface area contributed by atoms with E-state index in [9.17, 15) is 0 Å². The number of nitrogens with two attached hydrogens (primary N) is 1. The van der Waals surface area contributed by atoms with E-state index in [2.05, 4.69) is 4.98 Å². The Hall–Kier alpha value is -1.81. The van der Waals surface area contributed by atoms with Gasteiger partial charge < -0.3 is 14.9 Å². The quantitative estimate of drug-likeness (QED) is 0.857. The molecule has 0 atom stereocenters. The summed E-state index contributed by atoms with van der Waals surface area (Å²) in [6.45, 7) is 2.19. The number of ether oxygens (including phenoxy) is 1. The maximum absolute atomic E-state index is 5.58. The fourth-order valence-corrected chi connectivity index (χ4v) is 1.62. The van der Waals surface area contributed by atoms with Crippen molar-refractivity contribution in [3.05, 3.63) is 35.9 Å². The van der Waals surface area contributed by atoms with Crippen LogP contribution in [0.15, 0.2) is 28.7 Å². The second-order valence-electron chi connectivity index (χ2n) is 3.43. The third-order valence-electron chi connectivity index (χ3n) is 2.37. The van der Waals surface area contributed by atoms with Gasteiger partial charge in [0.2, 0.25) is 5.89 Å². The molecule has 2 N–H and O–H groups in total. The largest absolute Gasteiger partial charge is 0.496 e. The van der Waals surface area contributed by atoms with Crippen LogP contribution >= 0.6 is 0 Å². The monoisotopic (exact) mass is 218 g/mol. The predicted octanol–water partition coefficient (Wildman–Crippen LogP) is 2.12. The molecule has 0 aliphatic rings. The first-order valence-electron chi connectivity index (χ1n) is 5.06. The van der Waals surface area contributed by atoms with Gasteiger partial charge in [0.05, 0.1) is 24.9 Å². The molecule has 0 amide bonds. The molecule has 0 radical (unpaired) electrons. The lowest BCUT2D eigenvalue weighted by Gasteiger charge is -2.05. The van der Waals surface area contributed by atoms with Crippen LogP contribution in [0.3, 0.4) is 0 Å². The Morgan fingerprint density at radius 1 is 1.38 bits per heavy atom. The molecule has 0 spiro atoms. The highest BCUT2D eigenvalue weighted by molar-refractivity contribution is 5.67. The molecule has 0 saturated heterocycles. The first kappa shape index (κ1) is 10.7. The summed E-state index contributed by atoms with van der Waals surface area (Å²) >= 11 is 0. The molecular formula is C12H14N2O2. The summed E-state index contributed by atoms with van der Waals surface area (Å²) in [5, 5.41) is 0. The number of hydrogen-bond acceptors (Lipinski definition) is 4. The fraction of sp³-hybridized carbons (Fsp3) is 0.250. The highest BCUT2D eigenvalue weighted by atomic mass is 16.5. The second-order valence-corrected chi connectivity index (χ2v) is 3.43. The Kier molecular flexibility index (Phi) is 2.92. The fourth-order valence-electron chi connectivity index (χ4n) is 1.62. The zero-order chi connectivity index (χ0) is 11.5. The first-order valence-corrected chi connectivity index (χ1v) is 5.06. The van der Waals surface area contributed by atoms with Crippen molar-refractivity contribution in [1.29, 1.82) is 0 Å². The Morgan fingerprint density at radius 2 is 2.12 bits per heavy atom. The molecule has 84 valence electrons. The van der Waals surface area contributed by atoms with E-state index in [0.717, 1.165) is 22.8 Å². The minimum Gasteiger partial charge on any atom is -0.496 e. The van der Waals surface area contributed by atoms with Crippen molar-refractivity contribution in [2.45, 2.75) is 13.5 Å². The zero-order valence-corrected chi connectivity index (χ0v) is 9.36. The Labute approximate surface area is 94.1 Å². The van der Waals surface area contributed by atoms with Gasteiger partial charge >= 0.3 is 0 Å². The topological polar surface area (TPSA) is 61.3 Å². The van der Waals surface area contributed by atoms with Gasteiger partial charge in [-0.1, -0.05) is 12.1 Å². The van der Waals surface area contributed by atoms with Gasteiger partial charge in [-0.3, -0.25) is 0 Å². The average Bonchev–Trinajstić information content (AvgIpc) is 2.70. The second kappa shape index (κ2) is 4.37. The molecule has 0 saturated carbocycles. The van der Waals surface area contributed by atoms with Crippen LogP contribution in [0.4, 0.5) is 0 Å². The SMILES string of the molecule is COc1ccccc1-c1oc(CN)nc1C. The van der Waals surface area contributed by atoms with E-state index in [1.54, 1.807) is 7.11 Å². The van der Waals surface area contributed by atoms with Gasteiger partial charge in [0.25, 0.3) is 0 Å². The van der Waals surface area contributed by atoms with Gasteiger partial charge in [0.15, 0.2) is 5.76 Å². The highest BCUT2D eigenvalue weighted by Crippen LogP contribution is 2.32. The van der Waals surface area contributed by atoms with Crippen molar-refractivity contribution < 1.29 is 9.15 Å². The lowest BCUT2D eigenvalue weighted by Crippen LogP contribution is -1.95. The number of para-hydroxylation sites is 1. The molecule has 1 heterocycles. The van der Waals surface area contributed by atoms with Crippen LogP contribution in [0.25, 0.3) is 11.3 Å². The van der Waals surface area contributed by atoms with E-state index in [4.69, 9.17) is 14.9 Å². The van der Waals surface area contributed by atoms with Crippen molar-refractivity contribution >= 4 is 0 Å². The third-order valence-corrected chi connectivity index (χ3v) is 2.37. The molecule has 4 nitrogen and oxygen atoms in total. The zero-order valence-electron chi connectivity index (χ0n) is 9.36.